The lowest BCUT2D eigenvalue weighted by Crippen LogP contribution is -2.06. The summed E-state index contributed by atoms with van der Waals surface area (Å²) in [4.78, 5) is 28.4. The van der Waals surface area contributed by atoms with Crippen molar-refractivity contribution in [1.82, 2.24) is 19.7 Å². The zero-order valence-corrected chi connectivity index (χ0v) is 11.0. The van der Waals surface area contributed by atoms with Gasteiger partial charge in [0.05, 0.1) is 5.56 Å². The molecule has 2 rings (SSSR count). The van der Waals surface area contributed by atoms with Crippen molar-refractivity contribution in [2.75, 3.05) is 0 Å². The van der Waals surface area contributed by atoms with Crippen LogP contribution in [0.15, 0.2) is 16.9 Å². The molecule has 0 amide bonds. The SMILES string of the molecule is Cc1cc(C(=O)O)cc(-n2nc([N+](=O)[O-])nc2Br)n1. The van der Waals surface area contributed by atoms with Crippen LogP contribution in [0, 0.1) is 17.0 Å². The highest BCUT2D eigenvalue weighted by atomic mass is 79.9. The van der Waals surface area contributed by atoms with E-state index in [1.165, 1.54) is 12.1 Å². The van der Waals surface area contributed by atoms with Crippen LogP contribution in [0.25, 0.3) is 5.82 Å². The first-order valence-electron chi connectivity index (χ1n) is 4.88. The molecule has 0 spiro atoms. The third-order valence-corrected chi connectivity index (χ3v) is 2.64. The maximum atomic E-state index is 10.9. The van der Waals surface area contributed by atoms with Gasteiger partial charge in [-0.2, -0.15) is 0 Å². The first kappa shape index (κ1) is 13.1. The first-order chi connectivity index (χ1) is 8.88. The molecule has 1 N–H and O–H groups in total. The van der Waals surface area contributed by atoms with Crippen LogP contribution in [0.4, 0.5) is 5.95 Å². The van der Waals surface area contributed by atoms with Crippen molar-refractivity contribution in [3.8, 4) is 5.82 Å². The van der Waals surface area contributed by atoms with Crippen LogP contribution in [0.1, 0.15) is 16.1 Å². The number of nitrogens with zero attached hydrogens (tertiary/aromatic N) is 5. The first-order valence-corrected chi connectivity index (χ1v) is 5.67. The number of aryl methyl sites for hydroxylation is 1. The number of aromatic nitrogens is 4. The molecule has 2 aromatic heterocycles. The standard InChI is InChI=1S/C9H6BrN5O4/c1-4-2-5(7(16)17)3-6(11-4)14-8(10)12-9(13-14)15(18)19/h2-3H,1H3,(H,16,17). The molecule has 0 fully saturated rings. The number of carboxylic acid groups (broad SMARTS) is 1. The molecule has 0 unspecified atom stereocenters. The Morgan fingerprint density at radius 1 is 1.47 bits per heavy atom. The van der Waals surface area contributed by atoms with Gasteiger partial charge in [-0.05, 0) is 29.0 Å². The second-order valence-electron chi connectivity index (χ2n) is 3.51. The van der Waals surface area contributed by atoms with E-state index in [1.54, 1.807) is 6.92 Å². The molecule has 10 heteroatoms. The highest BCUT2D eigenvalue weighted by Crippen LogP contribution is 2.18. The number of hydrogen-bond donors (Lipinski definition) is 1. The Bertz CT molecular complexity index is 683. The number of carboxylic acids is 1. The molecule has 2 aromatic rings. The van der Waals surface area contributed by atoms with Gasteiger partial charge in [0.2, 0.25) is 0 Å². The van der Waals surface area contributed by atoms with Crippen LogP contribution in [0.5, 0.6) is 0 Å². The predicted molar refractivity (Wildman–Crippen MR) is 65.2 cm³/mol. The molecular weight excluding hydrogens is 322 g/mol. The molecular formula is C9H6BrN5O4. The van der Waals surface area contributed by atoms with E-state index in [9.17, 15) is 14.9 Å². The van der Waals surface area contributed by atoms with Crippen LogP contribution in [-0.4, -0.2) is 35.7 Å². The Morgan fingerprint density at radius 3 is 2.68 bits per heavy atom. The van der Waals surface area contributed by atoms with Crippen molar-refractivity contribution in [3.63, 3.8) is 0 Å². The topological polar surface area (TPSA) is 124 Å². The average Bonchev–Trinajstić information content (AvgIpc) is 2.70. The molecule has 19 heavy (non-hydrogen) atoms. The molecule has 0 aromatic carbocycles. The van der Waals surface area contributed by atoms with E-state index in [0.717, 1.165) is 4.68 Å². The normalized spacial score (nSPS) is 10.4. The number of hydrogen-bond acceptors (Lipinski definition) is 6. The predicted octanol–water partition coefficient (Wildman–Crippen LogP) is 1.34. The van der Waals surface area contributed by atoms with E-state index >= 15 is 0 Å². The number of rotatable bonds is 3. The summed E-state index contributed by atoms with van der Waals surface area (Å²) < 4.78 is 1.12. The van der Waals surface area contributed by atoms with Crippen LogP contribution >= 0.6 is 15.9 Å². The van der Waals surface area contributed by atoms with Crippen LogP contribution < -0.4 is 0 Å². The highest BCUT2D eigenvalue weighted by Gasteiger charge is 2.22. The van der Waals surface area contributed by atoms with Gasteiger partial charge >= 0.3 is 11.9 Å². The molecule has 0 bridgehead atoms. The molecule has 0 aliphatic carbocycles. The summed E-state index contributed by atoms with van der Waals surface area (Å²) in [6.07, 6.45) is 0. The van der Waals surface area contributed by atoms with Crippen molar-refractivity contribution in [2.45, 2.75) is 6.92 Å². The summed E-state index contributed by atoms with van der Waals surface area (Å²) in [7, 11) is 0. The number of nitro groups is 1. The smallest absolute Gasteiger partial charge is 0.478 e. The maximum Gasteiger partial charge on any atom is 0.492 e. The Hall–Kier alpha value is -2.36. The van der Waals surface area contributed by atoms with E-state index in [4.69, 9.17) is 5.11 Å². The van der Waals surface area contributed by atoms with Crippen molar-refractivity contribution < 1.29 is 14.8 Å². The summed E-state index contributed by atoms with van der Waals surface area (Å²) in [5, 5.41) is 23.1. The van der Waals surface area contributed by atoms with Crippen LogP contribution in [0.3, 0.4) is 0 Å². The fourth-order valence-corrected chi connectivity index (χ4v) is 1.81. The monoisotopic (exact) mass is 327 g/mol. The second-order valence-corrected chi connectivity index (χ2v) is 4.22. The van der Waals surface area contributed by atoms with E-state index in [1.807, 2.05) is 0 Å². The summed E-state index contributed by atoms with van der Waals surface area (Å²) in [6.45, 7) is 1.61. The third kappa shape index (κ3) is 2.57. The minimum Gasteiger partial charge on any atom is -0.478 e. The minimum absolute atomic E-state index is 0.00699. The lowest BCUT2D eigenvalue weighted by Gasteiger charge is -2.01. The molecule has 0 aliphatic rings. The lowest BCUT2D eigenvalue weighted by atomic mass is 10.2. The Labute approximate surface area is 114 Å². The molecule has 2 heterocycles. The highest BCUT2D eigenvalue weighted by molar-refractivity contribution is 9.10. The summed E-state index contributed by atoms with van der Waals surface area (Å²) in [5.41, 5.74) is 0.451. The summed E-state index contributed by atoms with van der Waals surface area (Å²) in [6, 6.07) is 2.63. The lowest BCUT2D eigenvalue weighted by molar-refractivity contribution is -0.394. The fourth-order valence-electron chi connectivity index (χ4n) is 1.39. The van der Waals surface area contributed by atoms with Gasteiger partial charge in [0, 0.05) is 26.7 Å². The fraction of sp³-hybridized carbons (Fsp3) is 0.111. The molecule has 9 nitrogen and oxygen atoms in total. The van der Waals surface area contributed by atoms with Gasteiger partial charge in [0.25, 0.3) is 4.73 Å². The van der Waals surface area contributed by atoms with Gasteiger partial charge in [0.1, 0.15) is 0 Å². The summed E-state index contributed by atoms with van der Waals surface area (Å²) >= 11 is 3.01. The Kier molecular flexibility index (Phi) is 3.25. The molecule has 98 valence electrons. The number of aromatic carboxylic acids is 1. The largest absolute Gasteiger partial charge is 0.492 e. The van der Waals surface area contributed by atoms with Crippen LogP contribution in [0.2, 0.25) is 0 Å². The van der Waals surface area contributed by atoms with E-state index in [-0.39, 0.29) is 16.1 Å². The number of halogens is 1. The molecule has 0 saturated heterocycles. The quantitative estimate of drug-likeness (QED) is 0.666. The van der Waals surface area contributed by atoms with Crippen molar-refractivity contribution in [1.29, 1.82) is 0 Å². The zero-order valence-electron chi connectivity index (χ0n) is 9.44. The summed E-state index contributed by atoms with van der Waals surface area (Å²) in [5.74, 6) is -1.60. The Balaban J connectivity index is 2.58. The average molecular weight is 328 g/mol. The Morgan fingerprint density at radius 2 is 2.16 bits per heavy atom. The van der Waals surface area contributed by atoms with E-state index in [2.05, 4.69) is 31.0 Å². The van der Waals surface area contributed by atoms with Crippen molar-refractivity contribution in [2.24, 2.45) is 0 Å². The third-order valence-electron chi connectivity index (χ3n) is 2.12. The van der Waals surface area contributed by atoms with Gasteiger partial charge in [-0.25, -0.2) is 9.78 Å². The van der Waals surface area contributed by atoms with Gasteiger partial charge in [0.15, 0.2) is 5.82 Å². The van der Waals surface area contributed by atoms with E-state index < -0.39 is 16.8 Å². The molecule has 0 saturated carbocycles. The molecule has 0 radical (unpaired) electrons. The van der Waals surface area contributed by atoms with Gasteiger partial charge in [-0.15, -0.1) is 4.68 Å². The minimum atomic E-state index is -1.13. The molecule has 0 atom stereocenters. The van der Waals surface area contributed by atoms with Crippen molar-refractivity contribution in [3.05, 3.63) is 38.2 Å². The van der Waals surface area contributed by atoms with Gasteiger partial charge in [-0.1, -0.05) is 0 Å². The number of pyridine rings is 1. The van der Waals surface area contributed by atoms with Crippen molar-refractivity contribution >= 4 is 27.8 Å². The zero-order chi connectivity index (χ0) is 14.2. The van der Waals surface area contributed by atoms with Crippen LogP contribution in [-0.2, 0) is 0 Å². The number of carbonyl (C=O) groups is 1. The maximum absolute atomic E-state index is 10.9. The molecule has 0 aliphatic heterocycles. The second kappa shape index (κ2) is 4.72. The van der Waals surface area contributed by atoms with Gasteiger partial charge < -0.3 is 15.2 Å². The van der Waals surface area contributed by atoms with E-state index in [0.29, 0.717) is 5.69 Å². The van der Waals surface area contributed by atoms with Gasteiger partial charge in [-0.3, -0.25) is 0 Å².